The van der Waals surface area contributed by atoms with E-state index in [2.05, 4.69) is 16.3 Å². The van der Waals surface area contributed by atoms with Crippen LogP contribution in [0.25, 0.3) is 0 Å². The molecule has 1 amide bonds. The highest BCUT2D eigenvalue weighted by Crippen LogP contribution is 2.39. The molecule has 0 bridgehead atoms. The minimum Gasteiger partial charge on any atom is -0.338 e. The average Bonchev–Trinajstić information content (AvgIpc) is 3.44. The number of aromatic nitrogens is 3. The van der Waals surface area contributed by atoms with Crippen LogP contribution in [0.1, 0.15) is 61.5 Å². The third-order valence-corrected chi connectivity index (χ3v) is 7.28. The molecule has 7 nitrogen and oxygen atoms in total. The van der Waals surface area contributed by atoms with Crippen LogP contribution < -0.4 is 0 Å². The second-order valence-corrected chi connectivity index (χ2v) is 9.61. The molecule has 0 radical (unpaired) electrons. The first-order valence-electron chi connectivity index (χ1n) is 9.91. The lowest BCUT2D eigenvalue weighted by Crippen LogP contribution is -2.37. The Bertz CT molecular complexity index is 995. The number of sulfone groups is 1. The van der Waals surface area contributed by atoms with E-state index in [0.717, 1.165) is 43.5 Å². The van der Waals surface area contributed by atoms with Gasteiger partial charge >= 0.3 is 0 Å². The van der Waals surface area contributed by atoms with E-state index in [1.807, 2.05) is 25.1 Å². The zero-order valence-electron chi connectivity index (χ0n) is 16.3. The second kappa shape index (κ2) is 7.31. The minimum atomic E-state index is -3.85. The molecule has 1 saturated carbocycles. The number of carbonyl (C=O) groups excluding carboxylic acids is 1. The molecule has 0 saturated heterocycles. The first-order chi connectivity index (χ1) is 13.4. The summed E-state index contributed by atoms with van der Waals surface area (Å²) in [5, 5.41) is 7.95. The van der Waals surface area contributed by atoms with E-state index in [1.165, 1.54) is 5.56 Å². The molecule has 0 aliphatic heterocycles. The van der Waals surface area contributed by atoms with Crippen molar-refractivity contribution in [1.29, 1.82) is 0 Å². The Morgan fingerprint density at radius 1 is 1.21 bits per heavy atom. The highest BCUT2D eigenvalue weighted by atomic mass is 32.2. The number of rotatable bonds is 6. The van der Waals surface area contributed by atoms with Crippen LogP contribution in [0.5, 0.6) is 0 Å². The summed E-state index contributed by atoms with van der Waals surface area (Å²) in [6, 6.07) is 8.00. The van der Waals surface area contributed by atoms with Crippen LogP contribution in [-0.4, -0.2) is 46.8 Å². The summed E-state index contributed by atoms with van der Waals surface area (Å²) >= 11 is 0. The Labute approximate surface area is 165 Å². The van der Waals surface area contributed by atoms with Crippen molar-refractivity contribution in [3.63, 3.8) is 0 Å². The molecule has 28 heavy (non-hydrogen) atoms. The monoisotopic (exact) mass is 402 g/mol. The van der Waals surface area contributed by atoms with Gasteiger partial charge < -0.3 is 9.47 Å². The van der Waals surface area contributed by atoms with Crippen molar-refractivity contribution in [2.24, 2.45) is 0 Å². The molecule has 2 aliphatic carbocycles. The van der Waals surface area contributed by atoms with Gasteiger partial charge in [0, 0.05) is 19.5 Å². The lowest BCUT2D eigenvalue weighted by molar-refractivity contribution is -0.129. The van der Waals surface area contributed by atoms with Crippen LogP contribution in [0.2, 0.25) is 0 Å². The number of hydrogen-bond donors (Lipinski definition) is 0. The summed E-state index contributed by atoms with van der Waals surface area (Å²) in [6.07, 6.45) is 4.86. The van der Waals surface area contributed by atoms with Crippen LogP contribution in [-0.2, 0) is 27.6 Å². The van der Waals surface area contributed by atoms with Crippen molar-refractivity contribution in [3.8, 4) is 0 Å². The first kappa shape index (κ1) is 19.1. The van der Waals surface area contributed by atoms with E-state index in [0.29, 0.717) is 12.5 Å². The van der Waals surface area contributed by atoms with E-state index in [1.54, 1.807) is 16.5 Å². The minimum absolute atomic E-state index is 0.0808. The number of fused-ring (bicyclic) bond motifs is 1. The molecule has 4 rings (SSSR count). The Morgan fingerprint density at radius 2 is 1.96 bits per heavy atom. The first-order valence-corrected chi connectivity index (χ1v) is 11.6. The highest BCUT2D eigenvalue weighted by molar-refractivity contribution is 7.91. The van der Waals surface area contributed by atoms with Gasteiger partial charge in [-0.2, -0.15) is 0 Å². The summed E-state index contributed by atoms with van der Waals surface area (Å²) in [4.78, 5) is 14.5. The molecule has 1 aromatic carbocycles. The molecule has 0 spiro atoms. The molecule has 150 valence electrons. The normalized spacial score (nSPS) is 19.3. The van der Waals surface area contributed by atoms with Crippen LogP contribution in [0.3, 0.4) is 0 Å². The zero-order chi connectivity index (χ0) is 19.9. The van der Waals surface area contributed by atoms with E-state index in [4.69, 9.17) is 0 Å². The quantitative estimate of drug-likeness (QED) is 0.741. The van der Waals surface area contributed by atoms with Crippen LogP contribution in [0.4, 0.5) is 0 Å². The van der Waals surface area contributed by atoms with Gasteiger partial charge in [-0.15, -0.1) is 10.2 Å². The number of hydrogen-bond acceptors (Lipinski definition) is 5. The van der Waals surface area contributed by atoms with Crippen molar-refractivity contribution in [3.05, 3.63) is 41.2 Å². The smallest absolute Gasteiger partial charge is 0.250 e. The molecule has 1 unspecified atom stereocenters. The van der Waals surface area contributed by atoms with Gasteiger partial charge in [0.2, 0.25) is 20.9 Å². The third-order valence-electron chi connectivity index (χ3n) is 5.79. The third kappa shape index (κ3) is 3.45. The Morgan fingerprint density at radius 3 is 2.68 bits per heavy atom. The summed E-state index contributed by atoms with van der Waals surface area (Å²) in [7, 11) is -2.15. The number of benzene rings is 1. The molecule has 1 fully saturated rings. The predicted molar refractivity (Wildman–Crippen MR) is 105 cm³/mol. The summed E-state index contributed by atoms with van der Waals surface area (Å²) in [5.74, 6) is 0.0438. The fourth-order valence-corrected chi connectivity index (χ4v) is 5.49. The topological polar surface area (TPSA) is 85.2 Å². The van der Waals surface area contributed by atoms with Gasteiger partial charge in [-0.05, 0) is 50.2 Å². The van der Waals surface area contributed by atoms with E-state index < -0.39 is 21.5 Å². The van der Waals surface area contributed by atoms with Crippen molar-refractivity contribution in [2.75, 3.05) is 12.8 Å². The number of amides is 1. The zero-order valence-corrected chi connectivity index (χ0v) is 17.2. The molecule has 1 heterocycles. The fraction of sp³-hybridized carbons (Fsp3) is 0.550. The van der Waals surface area contributed by atoms with E-state index in [-0.39, 0.29) is 11.2 Å². The molecular weight excluding hydrogens is 376 g/mol. The maximum atomic E-state index is 12.9. The Balaban J connectivity index is 1.55. The van der Waals surface area contributed by atoms with Crippen molar-refractivity contribution in [2.45, 2.75) is 62.7 Å². The predicted octanol–water partition coefficient (Wildman–Crippen LogP) is 2.49. The fourth-order valence-electron chi connectivity index (χ4n) is 4.10. The summed E-state index contributed by atoms with van der Waals surface area (Å²) in [6.45, 7) is 2.36. The maximum Gasteiger partial charge on any atom is 0.250 e. The van der Waals surface area contributed by atoms with Gasteiger partial charge in [0.25, 0.3) is 0 Å². The van der Waals surface area contributed by atoms with Gasteiger partial charge in [-0.25, -0.2) is 8.42 Å². The molecule has 1 atom stereocenters. The SMILES string of the molecule is CCn1c(C2CC2)nnc1S(=O)(=O)CC(=O)N(C)C1CCCc2ccccc21. The standard InChI is InChI=1S/C20H26N4O3S/c1-3-24-19(15-11-12-15)21-22-20(24)28(26,27)13-18(25)23(2)17-10-6-8-14-7-4-5-9-16(14)17/h4-5,7,9,15,17H,3,6,8,10-13H2,1-2H3. The van der Waals surface area contributed by atoms with Gasteiger partial charge in [-0.3, -0.25) is 4.79 Å². The van der Waals surface area contributed by atoms with Crippen molar-refractivity contribution >= 4 is 15.7 Å². The van der Waals surface area contributed by atoms with Crippen LogP contribution >= 0.6 is 0 Å². The molecule has 0 N–H and O–H groups in total. The Kier molecular flexibility index (Phi) is 4.99. The largest absolute Gasteiger partial charge is 0.338 e. The second-order valence-electron chi connectivity index (χ2n) is 7.73. The summed E-state index contributed by atoms with van der Waals surface area (Å²) in [5.41, 5.74) is 2.36. The van der Waals surface area contributed by atoms with Gasteiger partial charge in [0.15, 0.2) is 0 Å². The maximum absolute atomic E-state index is 12.9. The van der Waals surface area contributed by atoms with E-state index >= 15 is 0 Å². The number of carbonyl (C=O) groups is 1. The lowest BCUT2D eigenvalue weighted by atomic mass is 9.87. The molecule has 1 aromatic heterocycles. The van der Waals surface area contributed by atoms with Crippen molar-refractivity contribution < 1.29 is 13.2 Å². The number of aryl methyl sites for hydroxylation is 1. The Hall–Kier alpha value is -2.22. The summed E-state index contributed by atoms with van der Waals surface area (Å²) < 4.78 is 27.5. The van der Waals surface area contributed by atoms with Crippen LogP contribution in [0, 0.1) is 0 Å². The average molecular weight is 403 g/mol. The molecule has 8 heteroatoms. The van der Waals surface area contributed by atoms with Gasteiger partial charge in [-0.1, -0.05) is 24.3 Å². The van der Waals surface area contributed by atoms with Crippen molar-refractivity contribution in [1.82, 2.24) is 19.7 Å². The number of nitrogens with zero attached hydrogens (tertiary/aromatic N) is 4. The molecule has 2 aromatic rings. The van der Waals surface area contributed by atoms with E-state index in [9.17, 15) is 13.2 Å². The van der Waals surface area contributed by atoms with Gasteiger partial charge in [0.1, 0.15) is 11.6 Å². The highest BCUT2D eigenvalue weighted by Gasteiger charge is 2.35. The van der Waals surface area contributed by atoms with Crippen LogP contribution in [0.15, 0.2) is 29.4 Å². The molecular formula is C20H26N4O3S. The molecule has 2 aliphatic rings. The van der Waals surface area contributed by atoms with Gasteiger partial charge in [0.05, 0.1) is 6.04 Å². The lowest BCUT2D eigenvalue weighted by Gasteiger charge is -2.33.